The second-order valence-corrected chi connectivity index (χ2v) is 4.66. The third kappa shape index (κ3) is 2.54. The van der Waals surface area contributed by atoms with Crippen LogP contribution in [0.5, 0.6) is 0 Å². The predicted molar refractivity (Wildman–Crippen MR) is 85.9 cm³/mol. The van der Waals surface area contributed by atoms with Gasteiger partial charge in [0, 0.05) is 23.0 Å². The Balaban J connectivity index is 1.86. The minimum absolute atomic E-state index is 0.416. The molecule has 3 nitrogen and oxygen atoms in total. The van der Waals surface area contributed by atoms with Crippen LogP contribution in [0.2, 0.25) is 0 Å². The highest BCUT2D eigenvalue weighted by atomic mass is 16.2. The molecule has 0 saturated carbocycles. The van der Waals surface area contributed by atoms with Crippen molar-refractivity contribution in [3.05, 3.63) is 92.9 Å². The summed E-state index contributed by atoms with van der Waals surface area (Å²) in [7, 11) is 0. The van der Waals surface area contributed by atoms with Gasteiger partial charge in [0.1, 0.15) is 0 Å². The van der Waals surface area contributed by atoms with Crippen molar-refractivity contribution in [3.63, 3.8) is 0 Å². The molecule has 0 saturated heterocycles. The van der Waals surface area contributed by atoms with E-state index in [1.54, 1.807) is 12.3 Å². The Bertz CT molecular complexity index is 842. The molecule has 0 aromatic heterocycles. The highest BCUT2D eigenvalue weighted by Gasteiger charge is 2.19. The lowest BCUT2D eigenvalue weighted by Gasteiger charge is -2.07. The van der Waals surface area contributed by atoms with Crippen molar-refractivity contribution in [1.29, 1.82) is 0 Å². The van der Waals surface area contributed by atoms with Crippen LogP contribution in [0, 0.1) is 0 Å². The van der Waals surface area contributed by atoms with Gasteiger partial charge < -0.3 is 5.32 Å². The van der Waals surface area contributed by atoms with Crippen molar-refractivity contribution in [2.75, 3.05) is 5.32 Å². The summed E-state index contributed by atoms with van der Waals surface area (Å²) in [5.74, 6) is 0. The summed E-state index contributed by atoms with van der Waals surface area (Å²) in [4.78, 5) is 23.4. The molecular formula is C18H13NO2. The molecule has 3 rings (SSSR count). The van der Waals surface area contributed by atoms with Crippen LogP contribution in [-0.4, -0.2) is 0 Å². The largest absolute Gasteiger partial charge is 0.362 e. The minimum Gasteiger partial charge on any atom is -0.362 e. The first kappa shape index (κ1) is 13.1. The van der Waals surface area contributed by atoms with Crippen LogP contribution in [0.15, 0.2) is 76.5 Å². The van der Waals surface area contributed by atoms with Crippen molar-refractivity contribution in [2.24, 2.45) is 0 Å². The van der Waals surface area contributed by atoms with E-state index in [-0.39, 0.29) is 0 Å². The van der Waals surface area contributed by atoms with E-state index in [0.717, 1.165) is 11.3 Å². The first-order valence-electron chi connectivity index (χ1n) is 6.64. The lowest BCUT2D eigenvalue weighted by atomic mass is 9.94. The summed E-state index contributed by atoms with van der Waals surface area (Å²) in [6.45, 7) is 0. The Kier molecular flexibility index (Phi) is 3.48. The van der Waals surface area contributed by atoms with Crippen LogP contribution >= 0.6 is 0 Å². The molecule has 0 aliphatic rings. The third-order valence-corrected chi connectivity index (χ3v) is 3.28. The molecule has 0 bridgehead atoms. The zero-order chi connectivity index (χ0) is 14.7. The molecule has 1 N–H and O–H groups in total. The van der Waals surface area contributed by atoms with E-state index in [9.17, 15) is 9.59 Å². The van der Waals surface area contributed by atoms with Crippen molar-refractivity contribution < 1.29 is 0 Å². The molecule has 3 aromatic rings. The molecule has 0 aliphatic heterocycles. The number of hydrogen-bond donors (Lipinski definition) is 1. The number of hydrogen-bond acceptors (Lipinski definition) is 3. The lowest BCUT2D eigenvalue weighted by molar-refractivity contribution is 1.37. The molecule has 0 heterocycles. The maximum absolute atomic E-state index is 11.7. The fraction of sp³-hybridized carbons (Fsp3) is 0. The van der Waals surface area contributed by atoms with Crippen LogP contribution < -0.4 is 16.2 Å². The van der Waals surface area contributed by atoms with Crippen LogP contribution in [0.25, 0.3) is 17.2 Å². The van der Waals surface area contributed by atoms with Gasteiger partial charge in [-0.1, -0.05) is 48.5 Å². The Hall–Kier alpha value is -2.94. The van der Waals surface area contributed by atoms with Crippen molar-refractivity contribution in [3.8, 4) is 11.1 Å². The average molecular weight is 275 g/mol. The summed E-state index contributed by atoms with van der Waals surface area (Å²) < 4.78 is 0. The fourth-order valence-corrected chi connectivity index (χ4v) is 2.22. The molecule has 3 aromatic carbocycles. The van der Waals surface area contributed by atoms with E-state index in [1.165, 1.54) is 0 Å². The average Bonchev–Trinajstić information content (AvgIpc) is 2.55. The van der Waals surface area contributed by atoms with Crippen LogP contribution in [0.4, 0.5) is 5.69 Å². The predicted octanol–water partition coefficient (Wildman–Crippen LogP) is 3.03. The molecule has 0 fully saturated rings. The summed E-state index contributed by atoms with van der Waals surface area (Å²) >= 11 is 0. The van der Waals surface area contributed by atoms with Crippen molar-refractivity contribution in [1.82, 2.24) is 0 Å². The summed E-state index contributed by atoms with van der Waals surface area (Å²) in [6.07, 6.45) is 3.33. The van der Waals surface area contributed by atoms with Gasteiger partial charge in [0.05, 0.1) is 0 Å². The molecule has 21 heavy (non-hydrogen) atoms. The van der Waals surface area contributed by atoms with Gasteiger partial charge in [-0.2, -0.15) is 0 Å². The number of nitrogens with one attached hydrogen (secondary N) is 1. The highest BCUT2D eigenvalue weighted by molar-refractivity contribution is 5.79. The van der Waals surface area contributed by atoms with E-state index >= 15 is 0 Å². The molecule has 0 radical (unpaired) electrons. The topological polar surface area (TPSA) is 46.2 Å². The Labute approximate surface area is 121 Å². The zero-order valence-electron chi connectivity index (χ0n) is 11.2. The molecule has 0 spiro atoms. The summed E-state index contributed by atoms with van der Waals surface area (Å²) in [5.41, 5.74) is 1.80. The fourth-order valence-electron chi connectivity index (χ4n) is 2.22. The van der Waals surface area contributed by atoms with Crippen LogP contribution in [0.3, 0.4) is 0 Å². The minimum atomic E-state index is -0.431. The van der Waals surface area contributed by atoms with E-state index in [2.05, 4.69) is 5.32 Å². The van der Waals surface area contributed by atoms with Crippen molar-refractivity contribution in [2.45, 2.75) is 0 Å². The second-order valence-electron chi connectivity index (χ2n) is 4.66. The molecule has 102 valence electrons. The van der Waals surface area contributed by atoms with Gasteiger partial charge in [0.25, 0.3) is 0 Å². The Morgan fingerprint density at radius 3 is 2.05 bits per heavy atom. The van der Waals surface area contributed by atoms with E-state index in [1.807, 2.05) is 60.7 Å². The molecule has 0 atom stereocenters. The van der Waals surface area contributed by atoms with Crippen molar-refractivity contribution >= 4 is 11.8 Å². The molecule has 0 amide bonds. The van der Waals surface area contributed by atoms with Gasteiger partial charge in [-0.3, -0.25) is 9.59 Å². The van der Waals surface area contributed by atoms with Gasteiger partial charge in [-0.15, -0.1) is 0 Å². The zero-order valence-corrected chi connectivity index (χ0v) is 11.2. The molecule has 0 aliphatic carbocycles. The quantitative estimate of drug-likeness (QED) is 0.744. The first-order valence-corrected chi connectivity index (χ1v) is 6.64. The Morgan fingerprint density at radius 2 is 1.38 bits per heavy atom. The van der Waals surface area contributed by atoms with Gasteiger partial charge in [0.15, 0.2) is 0 Å². The standard InChI is InChI=1S/C18H13NO2/c20-17-15(11-12-19-14-9-5-2-6-10-14)16(18(17)21)13-7-3-1-4-8-13/h1-12,19H. The first-order chi connectivity index (χ1) is 10.3. The number of rotatable bonds is 4. The number of anilines is 1. The van der Waals surface area contributed by atoms with Gasteiger partial charge in [-0.25, -0.2) is 0 Å². The number of benzene rings is 2. The van der Waals surface area contributed by atoms with E-state index in [0.29, 0.717) is 11.1 Å². The smallest absolute Gasteiger partial charge is 0.234 e. The normalized spacial score (nSPS) is 11.0. The number of para-hydroxylation sites is 1. The van der Waals surface area contributed by atoms with Crippen LogP contribution in [-0.2, 0) is 0 Å². The molecule has 0 unspecified atom stereocenters. The monoisotopic (exact) mass is 275 g/mol. The van der Waals surface area contributed by atoms with Gasteiger partial charge in [0.2, 0.25) is 10.9 Å². The SMILES string of the molecule is O=c1c(C=CNc2ccccc2)c(-c2ccccc2)c1=O. The maximum Gasteiger partial charge on any atom is 0.234 e. The summed E-state index contributed by atoms with van der Waals surface area (Å²) in [5, 5.41) is 3.07. The second kappa shape index (κ2) is 5.59. The molecular weight excluding hydrogens is 262 g/mol. The van der Waals surface area contributed by atoms with Crippen LogP contribution in [0.1, 0.15) is 5.56 Å². The summed E-state index contributed by atoms with van der Waals surface area (Å²) in [6, 6.07) is 18.8. The Morgan fingerprint density at radius 1 is 0.762 bits per heavy atom. The molecule has 3 heteroatoms. The highest BCUT2D eigenvalue weighted by Crippen LogP contribution is 2.20. The van der Waals surface area contributed by atoms with Gasteiger partial charge in [-0.05, 0) is 23.8 Å². The van der Waals surface area contributed by atoms with E-state index < -0.39 is 10.9 Å². The lowest BCUT2D eigenvalue weighted by Crippen LogP contribution is -2.35. The van der Waals surface area contributed by atoms with Gasteiger partial charge >= 0.3 is 0 Å². The van der Waals surface area contributed by atoms with E-state index in [4.69, 9.17) is 0 Å². The third-order valence-electron chi connectivity index (χ3n) is 3.28. The maximum atomic E-state index is 11.7.